The Labute approximate surface area is 223 Å². The predicted octanol–water partition coefficient (Wildman–Crippen LogP) is 6.62. The largest absolute Gasteiger partial charge is 0.460 e. The van der Waals surface area contributed by atoms with Gasteiger partial charge in [-0.3, -0.25) is 14.4 Å². The van der Waals surface area contributed by atoms with Crippen LogP contribution in [-0.2, 0) is 22.6 Å². The number of amides is 2. The molecule has 2 amide bonds. The number of rotatable bonds is 7. The predicted molar refractivity (Wildman–Crippen MR) is 143 cm³/mol. The maximum Gasteiger partial charge on any atom is 0.310 e. The highest BCUT2D eigenvalue weighted by Crippen LogP contribution is 2.32. The van der Waals surface area contributed by atoms with E-state index >= 15 is 0 Å². The third-order valence-electron chi connectivity index (χ3n) is 6.23. The number of anilines is 3. The molecule has 5 rings (SSSR count). The molecule has 38 heavy (non-hydrogen) atoms. The average molecular weight is 529 g/mol. The standard InChI is InChI=1S/C30H22ClFN2O4/c1-18-13-14-25(33-28-23(31)10-6-11-24(28)32)20(15-18)16-27(35)38-17-19-7-2-5-12-26(19)34-29(36)21-8-3-4-9-22(21)30(34)37/h2-15,33H,16-17H2,1H3. The van der Waals surface area contributed by atoms with E-state index in [-0.39, 0.29) is 23.7 Å². The third kappa shape index (κ3) is 4.88. The summed E-state index contributed by atoms with van der Waals surface area (Å²) in [5.74, 6) is -1.90. The third-order valence-corrected chi connectivity index (χ3v) is 6.55. The van der Waals surface area contributed by atoms with E-state index in [1.165, 1.54) is 12.1 Å². The number of hydrogen-bond donors (Lipinski definition) is 1. The van der Waals surface area contributed by atoms with E-state index in [4.69, 9.17) is 16.3 Å². The van der Waals surface area contributed by atoms with Crippen molar-refractivity contribution in [1.82, 2.24) is 0 Å². The van der Waals surface area contributed by atoms with E-state index in [0.29, 0.717) is 33.6 Å². The number of nitrogens with zero attached hydrogens (tertiary/aromatic N) is 1. The number of carbonyl (C=O) groups is 3. The number of aryl methyl sites for hydroxylation is 1. The van der Waals surface area contributed by atoms with Gasteiger partial charge in [-0.1, -0.05) is 65.7 Å². The number of carbonyl (C=O) groups excluding carboxylic acids is 3. The Hall–Kier alpha value is -4.49. The van der Waals surface area contributed by atoms with Crippen LogP contribution in [-0.4, -0.2) is 17.8 Å². The molecule has 190 valence electrons. The molecule has 1 aliphatic heterocycles. The molecule has 4 aromatic carbocycles. The molecular weight excluding hydrogens is 507 g/mol. The highest BCUT2D eigenvalue weighted by atomic mass is 35.5. The number of halogens is 2. The van der Waals surface area contributed by atoms with Crippen molar-refractivity contribution in [3.8, 4) is 0 Å². The van der Waals surface area contributed by atoms with Crippen LogP contribution in [0.25, 0.3) is 0 Å². The Balaban J connectivity index is 1.33. The van der Waals surface area contributed by atoms with Gasteiger partial charge in [0.1, 0.15) is 12.4 Å². The van der Waals surface area contributed by atoms with Gasteiger partial charge in [0.25, 0.3) is 11.8 Å². The van der Waals surface area contributed by atoms with E-state index in [0.717, 1.165) is 10.5 Å². The second-order valence-corrected chi connectivity index (χ2v) is 9.25. The number of benzene rings is 4. The van der Waals surface area contributed by atoms with Crippen LogP contribution in [0, 0.1) is 12.7 Å². The summed E-state index contributed by atoms with van der Waals surface area (Å²) in [6, 6.07) is 23.2. The molecular formula is C30H22ClFN2O4. The summed E-state index contributed by atoms with van der Waals surface area (Å²) in [5, 5.41) is 3.20. The Kier molecular flexibility index (Phi) is 6.94. The molecule has 0 unspecified atom stereocenters. The Morgan fingerprint density at radius 3 is 2.29 bits per heavy atom. The van der Waals surface area contributed by atoms with E-state index in [1.807, 2.05) is 19.1 Å². The summed E-state index contributed by atoms with van der Waals surface area (Å²) in [6.45, 7) is 1.74. The highest BCUT2D eigenvalue weighted by molar-refractivity contribution is 6.34. The summed E-state index contributed by atoms with van der Waals surface area (Å²) in [5.41, 5.74) is 3.68. The fraction of sp³-hybridized carbons (Fsp3) is 0.100. The maximum atomic E-state index is 14.3. The maximum absolute atomic E-state index is 14.3. The fourth-order valence-electron chi connectivity index (χ4n) is 4.37. The summed E-state index contributed by atoms with van der Waals surface area (Å²) in [7, 11) is 0. The molecule has 0 aliphatic carbocycles. The molecule has 1 aliphatic rings. The van der Waals surface area contributed by atoms with Gasteiger partial charge in [-0.15, -0.1) is 0 Å². The van der Waals surface area contributed by atoms with Crippen molar-refractivity contribution >= 4 is 46.4 Å². The molecule has 8 heteroatoms. The van der Waals surface area contributed by atoms with Crippen LogP contribution in [0.5, 0.6) is 0 Å². The van der Waals surface area contributed by atoms with Crippen molar-refractivity contribution in [1.29, 1.82) is 0 Å². The van der Waals surface area contributed by atoms with Gasteiger partial charge < -0.3 is 10.1 Å². The molecule has 6 nitrogen and oxygen atoms in total. The number of imide groups is 1. The first-order valence-corrected chi connectivity index (χ1v) is 12.2. The van der Waals surface area contributed by atoms with E-state index in [9.17, 15) is 18.8 Å². The molecule has 1 heterocycles. The lowest BCUT2D eigenvalue weighted by Gasteiger charge is -2.18. The zero-order chi connectivity index (χ0) is 26.8. The first-order chi connectivity index (χ1) is 18.3. The summed E-state index contributed by atoms with van der Waals surface area (Å²) in [4.78, 5) is 39.9. The lowest BCUT2D eigenvalue weighted by molar-refractivity contribution is -0.144. The molecule has 0 radical (unpaired) electrons. The lowest BCUT2D eigenvalue weighted by atomic mass is 10.1. The Bertz CT molecular complexity index is 1530. The number of esters is 1. The fourth-order valence-corrected chi connectivity index (χ4v) is 4.58. The topological polar surface area (TPSA) is 75.7 Å². The van der Waals surface area contributed by atoms with Crippen LogP contribution in [0.1, 0.15) is 37.4 Å². The lowest BCUT2D eigenvalue weighted by Crippen LogP contribution is -2.30. The molecule has 0 bridgehead atoms. The molecule has 0 saturated carbocycles. The number of para-hydroxylation sites is 2. The molecule has 0 saturated heterocycles. The van der Waals surface area contributed by atoms with Gasteiger partial charge in [0, 0.05) is 11.3 Å². The van der Waals surface area contributed by atoms with Gasteiger partial charge in [0.05, 0.1) is 33.9 Å². The van der Waals surface area contributed by atoms with Crippen molar-refractivity contribution in [2.45, 2.75) is 20.0 Å². The minimum Gasteiger partial charge on any atom is -0.460 e. The summed E-state index contributed by atoms with van der Waals surface area (Å²) >= 11 is 6.16. The van der Waals surface area contributed by atoms with Crippen molar-refractivity contribution in [2.24, 2.45) is 0 Å². The Morgan fingerprint density at radius 1 is 0.895 bits per heavy atom. The van der Waals surface area contributed by atoms with Crippen LogP contribution < -0.4 is 10.2 Å². The van der Waals surface area contributed by atoms with Gasteiger partial charge in [-0.2, -0.15) is 0 Å². The molecule has 0 spiro atoms. The Morgan fingerprint density at radius 2 is 1.58 bits per heavy atom. The van der Waals surface area contributed by atoms with Crippen molar-refractivity contribution in [2.75, 3.05) is 10.2 Å². The monoisotopic (exact) mass is 528 g/mol. The van der Waals surface area contributed by atoms with Crippen molar-refractivity contribution in [3.63, 3.8) is 0 Å². The van der Waals surface area contributed by atoms with Gasteiger partial charge >= 0.3 is 5.97 Å². The number of nitrogens with one attached hydrogen (secondary N) is 1. The second kappa shape index (κ2) is 10.5. The number of hydrogen-bond acceptors (Lipinski definition) is 5. The first-order valence-electron chi connectivity index (χ1n) is 11.9. The van der Waals surface area contributed by atoms with Crippen molar-refractivity contribution in [3.05, 3.63) is 124 Å². The van der Waals surface area contributed by atoms with Gasteiger partial charge in [-0.25, -0.2) is 9.29 Å². The normalized spacial score (nSPS) is 12.4. The second-order valence-electron chi connectivity index (χ2n) is 8.84. The molecule has 0 atom stereocenters. The minimum atomic E-state index is -0.532. The molecule has 4 aromatic rings. The zero-order valence-corrected chi connectivity index (χ0v) is 21.1. The molecule has 1 N–H and O–H groups in total. The van der Waals surface area contributed by atoms with Gasteiger partial charge in [0.15, 0.2) is 0 Å². The summed E-state index contributed by atoms with van der Waals surface area (Å²) in [6.07, 6.45) is -0.0920. The van der Waals surface area contributed by atoms with Crippen LogP contribution >= 0.6 is 11.6 Å². The van der Waals surface area contributed by atoms with E-state index in [1.54, 1.807) is 60.7 Å². The van der Waals surface area contributed by atoms with Gasteiger partial charge in [0.2, 0.25) is 0 Å². The van der Waals surface area contributed by atoms with Crippen LogP contribution in [0.15, 0.2) is 84.9 Å². The SMILES string of the molecule is Cc1ccc(Nc2c(F)cccc2Cl)c(CC(=O)OCc2ccccc2N2C(=O)c3ccccc3C2=O)c1. The van der Waals surface area contributed by atoms with Crippen molar-refractivity contribution < 1.29 is 23.5 Å². The van der Waals surface area contributed by atoms with Crippen LogP contribution in [0.4, 0.5) is 21.5 Å². The van der Waals surface area contributed by atoms with Crippen LogP contribution in [0.3, 0.4) is 0 Å². The van der Waals surface area contributed by atoms with E-state index < -0.39 is 23.6 Å². The van der Waals surface area contributed by atoms with Crippen LogP contribution in [0.2, 0.25) is 5.02 Å². The first kappa shape index (κ1) is 25.2. The van der Waals surface area contributed by atoms with Gasteiger partial charge in [-0.05, 0) is 48.9 Å². The number of ether oxygens (including phenoxy) is 1. The minimum absolute atomic E-state index is 0.0920. The molecule has 0 aromatic heterocycles. The average Bonchev–Trinajstić information content (AvgIpc) is 3.16. The highest BCUT2D eigenvalue weighted by Gasteiger charge is 2.37. The zero-order valence-electron chi connectivity index (χ0n) is 20.3. The quantitative estimate of drug-likeness (QED) is 0.215. The molecule has 0 fully saturated rings. The number of fused-ring (bicyclic) bond motifs is 1. The van der Waals surface area contributed by atoms with E-state index in [2.05, 4.69) is 5.32 Å². The smallest absolute Gasteiger partial charge is 0.310 e. The summed E-state index contributed by atoms with van der Waals surface area (Å²) < 4.78 is 19.9.